The van der Waals surface area contributed by atoms with Gasteiger partial charge in [-0.05, 0) is 13.0 Å². The summed E-state index contributed by atoms with van der Waals surface area (Å²) in [6.07, 6.45) is 0.422. The Morgan fingerprint density at radius 1 is 1.53 bits per heavy atom. The second-order valence-corrected chi connectivity index (χ2v) is 4.15. The second kappa shape index (κ2) is 3.34. The number of rotatable bonds is 1. The number of nitrogens with zero attached hydrogens (tertiary/aromatic N) is 3. The molecule has 1 aromatic rings. The monoisotopic (exact) mass is 208 g/mol. The molecule has 1 fully saturated rings. The summed E-state index contributed by atoms with van der Waals surface area (Å²) in [6, 6.07) is 1.82. The number of nitrogens with two attached hydrogens (primary N) is 1. The SMILES string of the molecule is Cc1cc([C@@H]2[C@@H](N)CC(=O)N2C)n(C)n1. The number of aryl methyl sites for hydroxylation is 2. The number of likely N-dealkylation sites (tertiary alicyclic amines) is 1. The van der Waals surface area contributed by atoms with E-state index in [1.807, 2.05) is 20.0 Å². The van der Waals surface area contributed by atoms with E-state index in [-0.39, 0.29) is 18.0 Å². The highest BCUT2D eigenvalue weighted by atomic mass is 16.2. The molecule has 0 aliphatic carbocycles. The quantitative estimate of drug-likeness (QED) is 0.704. The number of likely N-dealkylation sites (N-methyl/N-ethyl adjacent to an activating group) is 1. The average Bonchev–Trinajstić information content (AvgIpc) is 2.56. The molecular weight excluding hydrogens is 192 g/mol. The molecule has 0 saturated carbocycles. The van der Waals surface area contributed by atoms with Crippen molar-refractivity contribution in [2.75, 3.05) is 7.05 Å². The number of hydrogen-bond acceptors (Lipinski definition) is 3. The number of carbonyl (C=O) groups is 1. The summed E-state index contributed by atoms with van der Waals surface area (Å²) in [5, 5.41) is 4.27. The maximum atomic E-state index is 11.5. The molecule has 2 N–H and O–H groups in total. The summed E-state index contributed by atoms with van der Waals surface area (Å²) < 4.78 is 1.80. The van der Waals surface area contributed by atoms with Gasteiger partial charge in [0.2, 0.25) is 5.91 Å². The summed E-state index contributed by atoms with van der Waals surface area (Å²) in [5.74, 6) is 0.103. The third-order valence-corrected chi connectivity index (χ3v) is 2.97. The molecule has 0 bridgehead atoms. The lowest BCUT2D eigenvalue weighted by Crippen LogP contribution is -2.31. The van der Waals surface area contributed by atoms with Crippen molar-refractivity contribution < 1.29 is 4.79 Å². The number of aromatic nitrogens is 2. The zero-order valence-corrected chi connectivity index (χ0v) is 9.27. The van der Waals surface area contributed by atoms with Gasteiger partial charge in [-0.3, -0.25) is 9.48 Å². The summed E-state index contributed by atoms with van der Waals surface area (Å²) in [5.41, 5.74) is 7.93. The van der Waals surface area contributed by atoms with Gasteiger partial charge in [0.15, 0.2) is 0 Å². The zero-order valence-electron chi connectivity index (χ0n) is 9.27. The van der Waals surface area contributed by atoms with Crippen molar-refractivity contribution in [2.24, 2.45) is 12.8 Å². The topological polar surface area (TPSA) is 64.2 Å². The smallest absolute Gasteiger partial charge is 0.224 e. The van der Waals surface area contributed by atoms with Crippen LogP contribution in [0.15, 0.2) is 6.07 Å². The zero-order chi connectivity index (χ0) is 11.2. The first-order chi connectivity index (χ1) is 7.00. The van der Waals surface area contributed by atoms with Gasteiger partial charge in [-0.1, -0.05) is 0 Å². The molecule has 5 nitrogen and oxygen atoms in total. The molecule has 82 valence electrons. The molecule has 1 aromatic heterocycles. The largest absolute Gasteiger partial charge is 0.336 e. The molecule has 0 unspecified atom stereocenters. The summed E-state index contributed by atoms with van der Waals surface area (Å²) >= 11 is 0. The van der Waals surface area contributed by atoms with Crippen molar-refractivity contribution in [3.8, 4) is 0 Å². The van der Waals surface area contributed by atoms with Gasteiger partial charge in [0, 0.05) is 26.6 Å². The first kappa shape index (κ1) is 10.2. The minimum Gasteiger partial charge on any atom is -0.336 e. The second-order valence-electron chi connectivity index (χ2n) is 4.15. The highest BCUT2D eigenvalue weighted by Crippen LogP contribution is 2.30. The van der Waals surface area contributed by atoms with E-state index in [2.05, 4.69) is 5.10 Å². The Bertz CT molecular complexity index is 398. The molecule has 1 aliphatic heterocycles. The first-order valence-corrected chi connectivity index (χ1v) is 5.02. The third-order valence-electron chi connectivity index (χ3n) is 2.97. The Balaban J connectivity index is 2.38. The van der Waals surface area contributed by atoms with E-state index < -0.39 is 0 Å². The van der Waals surface area contributed by atoms with Gasteiger partial charge in [-0.2, -0.15) is 5.10 Å². The van der Waals surface area contributed by atoms with E-state index >= 15 is 0 Å². The van der Waals surface area contributed by atoms with Crippen LogP contribution in [0.3, 0.4) is 0 Å². The highest BCUT2D eigenvalue weighted by molar-refractivity contribution is 5.79. The Labute approximate surface area is 88.8 Å². The van der Waals surface area contributed by atoms with Crippen LogP contribution in [0.25, 0.3) is 0 Å². The predicted molar refractivity (Wildman–Crippen MR) is 56.0 cm³/mol. The van der Waals surface area contributed by atoms with Crippen molar-refractivity contribution >= 4 is 5.91 Å². The Kier molecular flexibility index (Phi) is 2.26. The van der Waals surface area contributed by atoms with Gasteiger partial charge >= 0.3 is 0 Å². The minimum absolute atomic E-state index is 0.0382. The fraction of sp³-hybridized carbons (Fsp3) is 0.600. The maximum absolute atomic E-state index is 11.5. The molecular formula is C10H16N4O. The van der Waals surface area contributed by atoms with E-state index in [0.29, 0.717) is 6.42 Å². The molecule has 0 spiro atoms. The third kappa shape index (κ3) is 1.52. The molecule has 1 aliphatic rings. The highest BCUT2D eigenvalue weighted by Gasteiger charge is 2.37. The van der Waals surface area contributed by atoms with Crippen LogP contribution in [-0.2, 0) is 11.8 Å². The lowest BCUT2D eigenvalue weighted by Gasteiger charge is -2.22. The van der Waals surface area contributed by atoms with E-state index in [1.165, 1.54) is 0 Å². The van der Waals surface area contributed by atoms with Gasteiger partial charge in [0.25, 0.3) is 0 Å². The van der Waals surface area contributed by atoms with E-state index in [4.69, 9.17) is 5.73 Å². The standard InChI is InChI=1S/C10H16N4O/c1-6-4-8(14(3)12-6)10-7(11)5-9(15)13(10)2/h4,7,10H,5,11H2,1-3H3/t7-,10-/m0/s1. The molecule has 1 saturated heterocycles. The summed E-state index contributed by atoms with van der Waals surface area (Å²) in [7, 11) is 3.67. The van der Waals surface area contributed by atoms with Crippen LogP contribution in [0.5, 0.6) is 0 Å². The number of carbonyl (C=O) groups excluding carboxylic acids is 1. The van der Waals surface area contributed by atoms with E-state index in [0.717, 1.165) is 11.4 Å². The normalized spacial score (nSPS) is 26.4. The van der Waals surface area contributed by atoms with Crippen molar-refractivity contribution in [3.05, 3.63) is 17.5 Å². The molecule has 2 rings (SSSR count). The Morgan fingerprint density at radius 3 is 2.60 bits per heavy atom. The fourth-order valence-electron chi connectivity index (χ4n) is 2.22. The minimum atomic E-state index is -0.128. The van der Waals surface area contributed by atoms with Gasteiger partial charge in [-0.25, -0.2) is 0 Å². The van der Waals surface area contributed by atoms with Gasteiger partial charge < -0.3 is 10.6 Å². The number of hydrogen-bond donors (Lipinski definition) is 1. The molecule has 2 heterocycles. The van der Waals surface area contributed by atoms with Crippen LogP contribution in [-0.4, -0.2) is 33.7 Å². The first-order valence-electron chi connectivity index (χ1n) is 5.02. The van der Waals surface area contributed by atoms with Gasteiger partial charge in [0.1, 0.15) is 0 Å². The Morgan fingerprint density at radius 2 is 2.20 bits per heavy atom. The summed E-state index contributed by atoms with van der Waals surface area (Å²) in [4.78, 5) is 13.2. The lowest BCUT2D eigenvalue weighted by molar-refractivity contribution is -0.127. The van der Waals surface area contributed by atoms with Crippen molar-refractivity contribution in [3.63, 3.8) is 0 Å². The van der Waals surface area contributed by atoms with Gasteiger partial charge in [0.05, 0.1) is 17.4 Å². The van der Waals surface area contributed by atoms with Crippen LogP contribution in [0.4, 0.5) is 0 Å². The van der Waals surface area contributed by atoms with E-state index in [1.54, 1.807) is 16.6 Å². The van der Waals surface area contributed by atoms with Crippen molar-refractivity contribution in [1.82, 2.24) is 14.7 Å². The molecule has 15 heavy (non-hydrogen) atoms. The molecule has 5 heteroatoms. The van der Waals surface area contributed by atoms with Crippen LogP contribution in [0, 0.1) is 6.92 Å². The molecule has 0 aromatic carbocycles. The van der Waals surface area contributed by atoms with Crippen molar-refractivity contribution in [1.29, 1.82) is 0 Å². The van der Waals surface area contributed by atoms with Crippen LogP contribution in [0.2, 0.25) is 0 Å². The Hall–Kier alpha value is -1.36. The molecule has 0 radical (unpaired) electrons. The molecule has 1 amide bonds. The fourth-order valence-corrected chi connectivity index (χ4v) is 2.22. The lowest BCUT2D eigenvalue weighted by atomic mass is 10.1. The summed E-state index contributed by atoms with van der Waals surface area (Å²) in [6.45, 7) is 1.94. The van der Waals surface area contributed by atoms with Crippen LogP contribution in [0.1, 0.15) is 23.9 Å². The average molecular weight is 208 g/mol. The van der Waals surface area contributed by atoms with Gasteiger partial charge in [-0.15, -0.1) is 0 Å². The molecule has 2 atom stereocenters. The number of amides is 1. The van der Waals surface area contributed by atoms with Crippen LogP contribution < -0.4 is 5.73 Å². The maximum Gasteiger partial charge on any atom is 0.224 e. The van der Waals surface area contributed by atoms with E-state index in [9.17, 15) is 4.79 Å². The predicted octanol–water partition coefficient (Wildman–Crippen LogP) is -0.0410. The van der Waals surface area contributed by atoms with Crippen molar-refractivity contribution in [2.45, 2.75) is 25.4 Å². The van der Waals surface area contributed by atoms with Crippen LogP contribution >= 0.6 is 0 Å².